The van der Waals surface area contributed by atoms with E-state index in [1.165, 1.54) is 11.3 Å². The number of nitrogens with zero attached hydrogens (tertiary/aromatic N) is 1. The number of hydrogen-bond donors (Lipinski definition) is 3. The van der Waals surface area contributed by atoms with Crippen LogP contribution >= 0.6 is 11.3 Å². The van der Waals surface area contributed by atoms with E-state index in [9.17, 15) is 9.90 Å². The van der Waals surface area contributed by atoms with Gasteiger partial charge in [0.1, 0.15) is 10.7 Å². The smallest absolute Gasteiger partial charge is 0.270 e. The molecular weight excluding hydrogens is 238 g/mol. The molecule has 1 aromatic rings. The summed E-state index contributed by atoms with van der Waals surface area (Å²) in [4.78, 5) is 16.0. The highest BCUT2D eigenvalue weighted by Gasteiger charge is 2.22. The van der Waals surface area contributed by atoms with Crippen molar-refractivity contribution in [2.45, 2.75) is 44.4 Å². The number of amides is 1. The second kappa shape index (κ2) is 5.57. The van der Waals surface area contributed by atoms with E-state index in [-0.39, 0.29) is 18.1 Å². The fourth-order valence-electron chi connectivity index (χ4n) is 2.06. The van der Waals surface area contributed by atoms with E-state index in [0.717, 1.165) is 24.3 Å². The molecule has 0 saturated heterocycles. The molecule has 5 nitrogen and oxygen atoms in total. The second-order valence-electron chi connectivity index (χ2n) is 4.32. The predicted octanol–water partition coefficient (Wildman–Crippen LogP) is 0.635. The first-order valence-corrected chi connectivity index (χ1v) is 6.70. The van der Waals surface area contributed by atoms with E-state index in [1.807, 2.05) is 0 Å². The number of thiazole rings is 1. The number of nitrogens with two attached hydrogens (primary N) is 1. The predicted molar refractivity (Wildman–Crippen MR) is 65.7 cm³/mol. The van der Waals surface area contributed by atoms with Crippen LogP contribution in [0.4, 0.5) is 0 Å². The molecule has 2 unspecified atom stereocenters. The monoisotopic (exact) mass is 255 g/mol. The molecule has 1 fully saturated rings. The molecule has 0 bridgehead atoms. The van der Waals surface area contributed by atoms with Crippen LogP contribution in [-0.2, 0) is 6.54 Å². The second-order valence-corrected chi connectivity index (χ2v) is 5.26. The normalized spacial score (nSPS) is 24.6. The average Bonchev–Trinajstić information content (AvgIpc) is 2.77. The minimum Gasteiger partial charge on any atom is -0.393 e. The topological polar surface area (TPSA) is 88.2 Å². The number of aliphatic hydroxyl groups excluding tert-OH is 1. The van der Waals surface area contributed by atoms with Crippen molar-refractivity contribution >= 4 is 17.2 Å². The number of aromatic nitrogens is 1. The number of hydrogen-bond acceptors (Lipinski definition) is 5. The van der Waals surface area contributed by atoms with E-state index in [4.69, 9.17) is 5.73 Å². The lowest BCUT2D eigenvalue weighted by Gasteiger charge is -2.26. The van der Waals surface area contributed by atoms with E-state index >= 15 is 0 Å². The Balaban J connectivity index is 1.92. The molecule has 1 heterocycles. The van der Waals surface area contributed by atoms with Crippen LogP contribution in [0, 0.1) is 0 Å². The fourth-order valence-corrected chi connectivity index (χ4v) is 2.72. The Kier molecular flexibility index (Phi) is 4.09. The van der Waals surface area contributed by atoms with Gasteiger partial charge in [-0.15, -0.1) is 11.3 Å². The van der Waals surface area contributed by atoms with Gasteiger partial charge >= 0.3 is 0 Å². The number of nitrogens with one attached hydrogen (secondary N) is 1. The lowest BCUT2D eigenvalue weighted by atomic mass is 9.93. The Morgan fingerprint density at radius 3 is 3.12 bits per heavy atom. The van der Waals surface area contributed by atoms with Gasteiger partial charge in [0.25, 0.3) is 5.91 Å². The third kappa shape index (κ3) is 3.24. The Bertz CT molecular complexity index is 394. The zero-order valence-electron chi connectivity index (χ0n) is 9.56. The third-order valence-electron chi connectivity index (χ3n) is 2.94. The van der Waals surface area contributed by atoms with Gasteiger partial charge in [-0.1, -0.05) is 0 Å². The van der Waals surface area contributed by atoms with Crippen LogP contribution in [-0.4, -0.2) is 28.1 Å². The minimum atomic E-state index is -0.288. The molecule has 1 amide bonds. The highest BCUT2D eigenvalue weighted by molar-refractivity contribution is 7.09. The molecule has 0 spiro atoms. The number of carbonyl (C=O) groups is 1. The molecule has 0 radical (unpaired) electrons. The van der Waals surface area contributed by atoms with Crippen molar-refractivity contribution in [3.05, 3.63) is 16.1 Å². The molecule has 6 heteroatoms. The number of carbonyl (C=O) groups excluding carboxylic acids is 1. The van der Waals surface area contributed by atoms with Crippen LogP contribution in [0.5, 0.6) is 0 Å². The Morgan fingerprint density at radius 1 is 1.65 bits per heavy atom. The van der Waals surface area contributed by atoms with Gasteiger partial charge < -0.3 is 16.2 Å². The summed E-state index contributed by atoms with van der Waals surface area (Å²) in [5, 5.41) is 14.9. The highest BCUT2D eigenvalue weighted by atomic mass is 32.1. The molecule has 1 aliphatic rings. The molecule has 17 heavy (non-hydrogen) atoms. The number of aliphatic hydroxyl groups is 1. The van der Waals surface area contributed by atoms with Crippen LogP contribution < -0.4 is 11.1 Å². The van der Waals surface area contributed by atoms with Crippen LogP contribution in [0.25, 0.3) is 0 Å². The summed E-state index contributed by atoms with van der Waals surface area (Å²) < 4.78 is 0. The molecule has 0 aromatic carbocycles. The standard InChI is InChI=1S/C11H17N3O2S/c12-5-10-14-9(6-17-10)11(16)13-7-2-1-3-8(15)4-7/h6-8,15H,1-5,12H2,(H,13,16). The molecule has 4 N–H and O–H groups in total. The van der Waals surface area contributed by atoms with E-state index in [2.05, 4.69) is 10.3 Å². The van der Waals surface area contributed by atoms with E-state index in [0.29, 0.717) is 18.7 Å². The number of rotatable bonds is 3. The van der Waals surface area contributed by atoms with Crippen LogP contribution in [0.15, 0.2) is 5.38 Å². The van der Waals surface area contributed by atoms with E-state index < -0.39 is 0 Å². The quantitative estimate of drug-likeness (QED) is 0.739. The van der Waals surface area contributed by atoms with Gasteiger partial charge in [0.2, 0.25) is 0 Å². The van der Waals surface area contributed by atoms with Crippen molar-refractivity contribution in [2.24, 2.45) is 5.73 Å². The van der Waals surface area contributed by atoms with Gasteiger partial charge in [-0.05, 0) is 25.7 Å². The van der Waals surface area contributed by atoms with Crippen molar-refractivity contribution < 1.29 is 9.90 Å². The van der Waals surface area contributed by atoms with Gasteiger partial charge in [-0.25, -0.2) is 4.98 Å². The maximum atomic E-state index is 11.9. The first-order chi connectivity index (χ1) is 8.19. The average molecular weight is 255 g/mol. The molecule has 2 rings (SSSR count). The zero-order valence-corrected chi connectivity index (χ0v) is 10.4. The summed E-state index contributed by atoms with van der Waals surface area (Å²) in [6.07, 6.45) is 3.07. The maximum absolute atomic E-state index is 11.9. The van der Waals surface area contributed by atoms with Gasteiger partial charge in [0.15, 0.2) is 0 Å². The SMILES string of the molecule is NCc1nc(C(=O)NC2CCCC(O)C2)cs1. The van der Waals surface area contributed by atoms with Gasteiger partial charge in [0.05, 0.1) is 6.10 Å². The molecule has 94 valence electrons. The lowest BCUT2D eigenvalue weighted by Crippen LogP contribution is -2.39. The van der Waals surface area contributed by atoms with Crippen molar-refractivity contribution in [1.82, 2.24) is 10.3 Å². The fraction of sp³-hybridized carbons (Fsp3) is 0.636. The van der Waals surface area contributed by atoms with Crippen LogP contribution in [0.2, 0.25) is 0 Å². The molecule has 0 aliphatic heterocycles. The van der Waals surface area contributed by atoms with Crippen molar-refractivity contribution in [2.75, 3.05) is 0 Å². The van der Waals surface area contributed by atoms with Gasteiger partial charge in [0, 0.05) is 18.0 Å². The summed E-state index contributed by atoms with van der Waals surface area (Å²) in [6.45, 7) is 0.361. The first-order valence-electron chi connectivity index (χ1n) is 5.82. The van der Waals surface area contributed by atoms with Crippen LogP contribution in [0.1, 0.15) is 41.2 Å². The minimum absolute atomic E-state index is 0.0641. The molecule has 2 atom stereocenters. The third-order valence-corrected chi connectivity index (χ3v) is 3.81. The maximum Gasteiger partial charge on any atom is 0.270 e. The summed E-state index contributed by atoms with van der Waals surface area (Å²) in [7, 11) is 0. The van der Waals surface area contributed by atoms with Gasteiger partial charge in [-0.2, -0.15) is 0 Å². The summed E-state index contributed by atoms with van der Waals surface area (Å²) in [6, 6.07) is 0.0641. The van der Waals surface area contributed by atoms with Gasteiger partial charge in [-0.3, -0.25) is 4.79 Å². The summed E-state index contributed by atoms with van der Waals surface area (Å²) in [5.41, 5.74) is 5.88. The lowest BCUT2D eigenvalue weighted by molar-refractivity contribution is 0.0846. The summed E-state index contributed by atoms with van der Waals surface area (Å²) >= 11 is 1.39. The Hall–Kier alpha value is -0.980. The largest absolute Gasteiger partial charge is 0.393 e. The molecule has 1 aromatic heterocycles. The Labute approximate surface area is 104 Å². The molecular formula is C11H17N3O2S. The van der Waals surface area contributed by atoms with Crippen LogP contribution in [0.3, 0.4) is 0 Å². The van der Waals surface area contributed by atoms with E-state index in [1.54, 1.807) is 5.38 Å². The molecule has 1 aliphatic carbocycles. The van der Waals surface area contributed by atoms with Crippen molar-refractivity contribution in [1.29, 1.82) is 0 Å². The van der Waals surface area contributed by atoms with Crippen molar-refractivity contribution in [3.8, 4) is 0 Å². The molecule has 1 saturated carbocycles. The van der Waals surface area contributed by atoms with Crippen molar-refractivity contribution in [3.63, 3.8) is 0 Å². The zero-order chi connectivity index (χ0) is 12.3. The first kappa shape index (κ1) is 12.5. The highest BCUT2D eigenvalue weighted by Crippen LogP contribution is 2.19. The Morgan fingerprint density at radius 2 is 2.47 bits per heavy atom. The summed E-state index contributed by atoms with van der Waals surface area (Å²) in [5.74, 6) is -0.167.